The highest BCUT2D eigenvalue weighted by molar-refractivity contribution is 5.95. The van der Waals surface area contributed by atoms with Crippen LogP contribution in [0.4, 0.5) is 4.39 Å². The van der Waals surface area contributed by atoms with Crippen molar-refractivity contribution in [2.75, 3.05) is 32.8 Å². The molecule has 1 fully saturated rings. The molecule has 9 heteroatoms. The summed E-state index contributed by atoms with van der Waals surface area (Å²) >= 11 is 0. The molecule has 2 heterocycles. The van der Waals surface area contributed by atoms with Crippen molar-refractivity contribution >= 4 is 5.91 Å². The van der Waals surface area contributed by atoms with Gasteiger partial charge >= 0.3 is 5.76 Å². The topological polar surface area (TPSA) is 109 Å². The molecule has 24 heavy (non-hydrogen) atoms. The van der Waals surface area contributed by atoms with E-state index in [1.54, 1.807) is 0 Å². The van der Waals surface area contributed by atoms with E-state index < -0.39 is 17.5 Å². The fraction of sp³-hybridized carbons (Fsp3) is 0.400. The summed E-state index contributed by atoms with van der Waals surface area (Å²) in [5, 5.41) is 9.43. The van der Waals surface area contributed by atoms with Crippen LogP contribution in [0.5, 0.6) is 0 Å². The van der Waals surface area contributed by atoms with Gasteiger partial charge in [-0.15, -0.1) is 0 Å². The number of nitrogens with one attached hydrogen (secondary N) is 3. The molecular formula is C15H17FN4O4. The Kier molecular flexibility index (Phi) is 5.02. The molecular weight excluding hydrogens is 319 g/mol. The van der Waals surface area contributed by atoms with Gasteiger partial charge in [0.1, 0.15) is 5.82 Å². The number of aromatic amines is 1. The fourth-order valence-corrected chi connectivity index (χ4v) is 2.42. The third kappa shape index (κ3) is 3.87. The maximum absolute atomic E-state index is 14.0. The first kappa shape index (κ1) is 16.3. The number of nitrogens with zero attached hydrogens (tertiary/aromatic N) is 1. The molecule has 128 valence electrons. The number of hydrogen-bond acceptors (Lipinski definition) is 6. The largest absolute Gasteiger partial charge is 0.439 e. The first-order valence-electron chi connectivity index (χ1n) is 7.56. The van der Waals surface area contributed by atoms with Crippen molar-refractivity contribution in [3.63, 3.8) is 0 Å². The summed E-state index contributed by atoms with van der Waals surface area (Å²) in [7, 11) is 0. The minimum absolute atomic E-state index is 0.120. The Labute approximate surface area is 136 Å². The van der Waals surface area contributed by atoms with Crippen LogP contribution in [0, 0.1) is 11.7 Å². The van der Waals surface area contributed by atoms with Gasteiger partial charge < -0.3 is 15.4 Å². The predicted octanol–water partition coefficient (Wildman–Crippen LogP) is 0.135. The molecule has 2 aromatic rings. The number of carbonyl (C=O) groups is 1. The van der Waals surface area contributed by atoms with E-state index in [9.17, 15) is 14.0 Å². The van der Waals surface area contributed by atoms with Gasteiger partial charge in [-0.1, -0.05) is 5.16 Å². The predicted molar refractivity (Wildman–Crippen MR) is 82.0 cm³/mol. The maximum atomic E-state index is 14.0. The quantitative estimate of drug-likeness (QED) is 0.732. The van der Waals surface area contributed by atoms with Gasteiger partial charge in [0, 0.05) is 31.1 Å². The molecule has 1 atom stereocenters. The lowest BCUT2D eigenvalue weighted by Crippen LogP contribution is -2.35. The SMILES string of the molecule is O=C(NCC1CNCCOC1)c1cc(-c2noc(=O)[nH]2)ccc1F. The lowest BCUT2D eigenvalue weighted by molar-refractivity contribution is 0.0918. The zero-order valence-corrected chi connectivity index (χ0v) is 12.8. The van der Waals surface area contributed by atoms with E-state index in [2.05, 4.69) is 25.3 Å². The van der Waals surface area contributed by atoms with Crippen LogP contribution < -0.4 is 16.4 Å². The molecule has 1 unspecified atom stereocenters. The second-order valence-electron chi connectivity index (χ2n) is 5.49. The molecule has 1 aliphatic heterocycles. The van der Waals surface area contributed by atoms with Crippen LogP contribution in [0.1, 0.15) is 10.4 Å². The van der Waals surface area contributed by atoms with Crippen LogP contribution in [0.25, 0.3) is 11.4 Å². The molecule has 1 amide bonds. The zero-order chi connectivity index (χ0) is 16.9. The lowest BCUT2D eigenvalue weighted by atomic mass is 10.1. The van der Waals surface area contributed by atoms with Crippen LogP contribution in [0.3, 0.4) is 0 Å². The highest BCUT2D eigenvalue weighted by Crippen LogP contribution is 2.18. The molecule has 1 aromatic carbocycles. The van der Waals surface area contributed by atoms with Gasteiger partial charge in [0.25, 0.3) is 5.91 Å². The lowest BCUT2D eigenvalue weighted by Gasteiger charge is -2.15. The van der Waals surface area contributed by atoms with E-state index in [1.807, 2.05) is 0 Å². The smallest absolute Gasteiger partial charge is 0.380 e. The Morgan fingerprint density at radius 1 is 1.46 bits per heavy atom. The minimum Gasteiger partial charge on any atom is -0.380 e. The Hall–Kier alpha value is -2.52. The summed E-state index contributed by atoms with van der Waals surface area (Å²) in [5.74, 6) is -1.66. The standard InChI is InChI=1S/C15H17FN4O4/c16-12-2-1-10(13-19-15(22)24-20-13)5-11(12)14(21)18-7-9-6-17-3-4-23-8-9/h1-2,5,9,17H,3-4,6-8H2,(H,18,21)(H,19,20,22). The molecule has 1 saturated heterocycles. The monoisotopic (exact) mass is 336 g/mol. The van der Waals surface area contributed by atoms with Gasteiger partial charge in [-0.25, -0.2) is 9.18 Å². The van der Waals surface area contributed by atoms with Gasteiger partial charge in [-0.05, 0) is 18.2 Å². The van der Waals surface area contributed by atoms with E-state index in [-0.39, 0.29) is 17.3 Å². The third-order valence-electron chi connectivity index (χ3n) is 3.69. The van der Waals surface area contributed by atoms with Crippen LogP contribution in [0.15, 0.2) is 27.5 Å². The zero-order valence-electron chi connectivity index (χ0n) is 12.8. The van der Waals surface area contributed by atoms with Crippen molar-refractivity contribution in [2.24, 2.45) is 5.92 Å². The van der Waals surface area contributed by atoms with Crippen LogP contribution in [-0.4, -0.2) is 48.9 Å². The Morgan fingerprint density at radius 2 is 2.33 bits per heavy atom. The summed E-state index contributed by atoms with van der Waals surface area (Å²) in [6.07, 6.45) is 0. The van der Waals surface area contributed by atoms with Gasteiger partial charge in [-0.3, -0.25) is 14.3 Å². The van der Waals surface area contributed by atoms with E-state index in [1.165, 1.54) is 12.1 Å². The number of benzene rings is 1. The molecule has 8 nitrogen and oxygen atoms in total. The van der Waals surface area contributed by atoms with Crippen molar-refractivity contribution < 1.29 is 18.4 Å². The number of halogens is 1. The van der Waals surface area contributed by atoms with Crippen molar-refractivity contribution in [3.05, 3.63) is 40.1 Å². The van der Waals surface area contributed by atoms with Crippen LogP contribution in [-0.2, 0) is 4.74 Å². The van der Waals surface area contributed by atoms with E-state index in [0.29, 0.717) is 25.3 Å². The molecule has 0 spiro atoms. The molecule has 0 radical (unpaired) electrons. The Bertz CT molecular complexity index is 765. The summed E-state index contributed by atoms with van der Waals surface area (Å²) in [4.78, 5) is 25.6. The molecule has 0 aliphatic carbocycles. The van der Waals surface area contributed by atoms with Crippen LogP contribution >= 0.6 is 0 Å². The van der Waals surface area contributed by atoms with Crippen LogP contribution in [0.2, 0.25) is 0 Å². The molecule has 3 rings (SSSR count). The van der Waals surface area contributed by atoms with Crippen molar-refractivity contribution in [3.8, 4) is 11.4 Å². The minimum atomic E-state index is -0.721. The molecule has 0 bridgehead atoms. The van der Waals surface area contributed by atoms with Gasteiger partial charge in [0.05, 0.1) is 18.8 Å². The molecule has 1 aromatic heterocycles. The van der Waals surface area contributed by atoms with Crippen molar-refractivity contribution in [2.45, 2.75) is 0 Å². The summed E-state index contributed by atoms with van der Waals surface area (Å²) < 4.78 is 23.8. The Morgan fingerprint density at radius 3 is 3.12 bits per heavy atom. The average Bonchev–Trinajstić information content (AvgIpc) is 2.84. The van der Waals surface area contributed by atoms with Crippen molar-refractivity contribution in [1.82, 2.24) is 20.8 Å². The second-order valence-corrected chi connectivity index (χ2v) is 5.49. The van der Waals surface area contributed by atoms with E-state index in [0.717, 1.165) is 19.2 Å². The highest BCUT2D eigenvalue weighted by atomic mass is 19.1. The summed E-state index contributed by atoms with van der Waals surface area (Å²) in [6, 6.07) is 3.87. The van der Waals surface area contributed by atoms with Gasteiger partial charge in [0.15, 0.2) is 5.82 Å². The molecule has 0 saturated carbocycles. The number of H-pyrrole nitrogens is 1. The first-order valence-corrected chi connectivity index (χ1v) is 7.56. The van der Waals surface area contributed by atoms with E-state index in [4.69, 9.17) is 4.74 Å². The van der Waals surface area contributed by atoms with Gasteiger partial charge in [0.2, 0.25) is 0 Å². The number of hydrogen-bond donors (Lipinski definition) is 3. The summed E-state index contributed by atoms with van der Waals surface area (Å²) in [6.45, 7) is 3.04. The van der Waals surface area contributed by atoms with E-state index >= 15 is 0 Å². The Balaban J connectivity index is 1.70. The normalized spacial score (nSPS) is 18.1. The highest BCUT2D eigenvalue weighted by Gasteiger charge is 2.17. The average molecular weight is 336 g/mol. The second kappa shape index (κ2) is 7.37. The van der Waals surface area contributed by atoms with Crippen molar-refractivity contribution in [1.29, 1.82) is 0 Å². The van der Waals surface area contributed by atoms with Gasteiger partial charge in [-0.2, -0.15) is 0 Å². The maximum Gasteiger partial charge on any atom is 0.439 e. The fourth-order valence-electron chi connectivity index (χ4n) is 2.42. The number of carbonyl (C=O) groups excluding carboxylic acids is 1. The number of aromatic nitrogens is 2. The first-order chi connectivity index (χ1) is 11.6. The third-order valence-corrected chi connectivity index (χ3v) is 3.69. The number of amides is 1. The molecule has 1 aliphatic rings. The number of ether oxygens (including phenoxy) is 1. The number of rotatable bonds is 4. The molecule has 3 N–H and O–H groups in total. The summed E-state index contributed by atoms with van der Waals surface area (Å²) in [5.41, 5.74) is 0.255.